The van der Waals surface area contributed by atoms with Crippen LogP contribution < -0.4 is 0 Å². The minimum absolute atomic E-state index is 0.331. The second-order valence-corrected chi connectivity index (χ2v) is 9.45. The quantitative estimate of drug-likeness (QED) is 0.823. The van der Waals surface area contributed by atoms with Crippen LogP contribution in [0.15, 0.2) is 54.6 Å². The standard InChI is InChI=1S/C26H32N2O2/c29-23-11-9-19(10-12-23)13-14-27-17-21-16-22(18-27)25(15-20-5-2-1-3-6-20)28-24(21)7-4-8-26(28)30/h1-3,5-6,9-12,21-22,24-25,29H,4,7-8,13-18H2/t21-,22+,24+,25+/m1/s1. The number of nitrogens with zero attached hydrogens (tertiary/aromatic N) is 2. The fourth-order valence-electron chi connectivity index (χ4n) is 6.12. The summed E-state index contributed by atoms with van der Waals surface area (Å²) in [5, 5.41) is 9.52. The maximum atomic E-state index is 13.0. The van der Waals surface area contributed by atoms with E-state index in [4.69, 9.17) is 0 Å². The molecular weight excluding hydrogens is 372 g/mol. The Morgan fingerprint density at radius 3 is 2.50 bits per heavy atom. The Hall–Kier alpha value is -2.33. The van der Waals surface area contributed by atoms with E-state index in [9.17, 15) is 9.90 Å². The third-order valence-corrected chi connectivity index (χ3v) is 7.51. The number of phenolic OH excluding ortho intramolecular Hbond substituents is 1. The molecule has 2 bridgehead atoms. The van der Waals surface area contributed by atoms with Gasteiger partial charge in [0.25, 0.3) is 0 Å². The number of benzene rings is 2. The summed E-state index contributed by atoms with van der Waals surface area (Å²) in [6.45, 7) is 3.25. The lowest BCUT2D eigenvalue weighted by Gasteiger charge is -2.57. The Morgan fingerprint density at radius 1 is 0.933 bits per heavy atom. The highest BCUT2D eigenvalue weighted by Crippen LogP contribution is 2.42. The molecular formula is C26H32N2O2. The van der Waals surface area contributed by atoms with E-state index in [1.807, 2.05) is 12.1 Å². The molecule has 3 aliphatic rings. The summed E-state index contributed by atoms with van der Waals surface area (Å²) in [6.07, 6.45) is 6.20. The predicted octanol–water partition coefficient (Wildman–Crippen LogP) is 3.88. The van der Waals surface area contributed by atoms with Gasteiger partial charge >= 0.3 is 0 Å². The van der Waals surface area contributed by atoms with Gasteiger partial charge in [-0.3, -0.25) is 4.79 Å². The van der Waals surface area contributed by atoms with Crippen LogP contribution in [0.2, 0.25) is 0 Å². The number of carbonyl (C=O) groups excluding carboxylic acids is 1. The Balaban J connectivity index is 1.33. The summed E-state index contributed by atoms with van der Waals surface area (Å²) >= 11 is 0. The molecule has 0 saturated carbocycles. The van der Waals surface area contributed by atoms with Crippen LogP contribution in [-0.2, 0) is 17.6 Å². The second-order valence-electron chi connectivity index (χ2n) is 9.45. The lowest BCUT2D eigenvalue weighted by molar-refractivity contribution is -0.152. The van der Waals surface area contributed by atoms with Gasteiger partial charge in [-0.15, -0.1) is 0 Å². The third-order valence-electron chi connectivity index (χ3n) is 7.51. The van der Waals surface area contributed by atoms with Crippen molar-refractivity contribution in [3.8, 4) is 5.75 Å². The molecule has 1 amide bonds. The second kappa shape index (κ2) is 8.43. The topological polar surface area (TPSA) is 43.8 Å². The average molecular weight is 405 g/mol. The van der Waals surface area contributed by atoms with Crippen molar-refractivity contribution in [1.29, 1.82) is 0 Å². The van der Waals surface area contributed by atoms with Gasteiger partial charge < -0.3 is 14.9 Å². The van der Waals surface area contributed by atoms with Gasteiger partial charge in [0.15, 0.2) is 0 Å². The number of hydrogen-bond donors (Lipinski definition) is 1. The summed E-state index contributed by atoms with van der Waals surface area (Å²) < 4.78 is 0. The zero-order chi connectivity index (χ0) is 20.5. The lowest BCUT2D eigenvalue weighted by Crippen LogP contribution is -2.65. The smallest absolute Gasteiger partial charge is 0.223 e. The van der Waals surface area contributed by atoms with Crippen LogP contribution in [0, 0.1) is 11.8 Å². The molecule has 1 N–H and O–H groups in total. The number of carbonyl (C=O) groups is 1. The number of rotatable bonds is 5. The first-order chi connectivity index (χ1) is 14.7. The molecule has 0 aliphatic carbocycles. The summed E-state index contributed by atoms with van der Waals surface area (Å²) in [4.78, 5) is 17.9. The Bertz CT molecular complexity index is 866. The van der Waals surface area contributed by atoms with E-state index in [0.29, 0.717) is 35.6 Å². The zero-order valence-corrected chi connectivity index (χ0v) is 17.6. The van der Waals surface area contributed by atoms with E-state index in [1.165, 1.54) is 24.0 Å². The first-order valence-electron chi connectivity index (χ1n) is 11.5. The molecule has 0 aromatic heterocycles. The number of aromatic hydroxyl groups is 1. The normalized spacial score (nSPS) is 28.9. The average Bonchev–Trinajstić information content (AvgIpc) is 2.77. The highest BCUT2D eigenvalue weighted by Gasteiger charge is 2.49. The fourth-order valence-corrected chi connectivity index (χ4v) is 6.12. The van der Waals surface area contributed by atoms with Crippen molar-refractivity contribution >= 4 is 5.91 Å². The molecule has 158 valence electrons. The van der Waals surface area contributed by atoms with Crippen molar-refractivity contribution in [2.45, 2.75) is 50.6 Å². The molecule has 4 heteroatoms. The molecule has 0 unspecified atom stereocenters. The van der Waals surface area contributed by atoms with Gasteiger partial charge in [-0.1, -0.05) is 42.5 Å². The van der Waals surface area contributed by atoms with Gasteiger partial charge in [-0.2, -0.15) is 0 Å². The number of fused-ring (bicyclic) bond motifs is 4. The van der Waals surface area contributed by atoms with Gasteiger partial charge in [-0.25, -0.2) is 0 Å². The highest BCUT2D eigenvalue weighted by molar-refractivity contribution is 5.78. The SMILES string of the molecule is O=C1CCC[C@H]2[C@@H]3C[C@@H](CN(CCc4ccc(O)cc4)C3)[C@H](Cc3ccccc3)N12. The van der Waals surface area contributed by atoms with E-state index in [1.54, 1.807) is 12.1 Å². The highest BCUT2D eigenvalue weighted by atomic mass is 16.3. The fraction of sp³-hybridized carbons (Fsp3) is 0.500. The molecule has 2 aromatic carbocycles. The molecule has 3 heterocycles. The van der Waals surface area contributed by atoms with Crippen LogP contribution in [0.3, 0.4) is 0 Å². The van der Waals surface area contributed by atoms with Crippen molar-refractivity contribution in [3.63, 3.8) is 0 Å². The first-order valence-corrected chi connectivity index (χ1v) is 11.5. The molecule has 2 aromatic rings. The van der Waals surface area contributed by atoms with Gasteiger partial charge in [0.2, 0.25) is 5.91 Å². The van der Waals surface area contributed by atoms with Crippen LogP contribution in [0.1, 0.15) is 36.8 Å². The van der Waals surface area contributed by atoms with Gasteiger partial charge in [0.05, 0.1) is 0 Å². The molecule has 30 heavy (non-hydrogen) atoms. The van der Waals surface area contributed by atoms with E-state index < -0.39 is 0 Å². The van der Waals surface area contributed by atoms with Crippen LogP contribution in [0.4, 0.5) is 0 Å². The molecule has 0 radical (unpaired) electrons. The predicted molar refractivity (Wildman–Crippen MR) is 118 cm³/mol. The minimum Gasteiger partial charge on any atom is -0.508 e. The van der Waals surface area contributed by atoms with Crippen LogP contribution in [0.25, 0.3) is 0 Å². The van der Waals surface area contributed by atoms with Gasteiger partial charge in [-0.05, 0) is 67.2 Å². The van der Waals surface area contributed by atoms with E-state index in [-0.39, 0.29) is 0 Å². The minimum atomic E-state index is 0.331. The maximum absolute atomic E-state index is 13.0. The summed E-state index contributed by atoms with van der Waals surface area (Å²) in [5.41, 5.74) is 2.62. The molecule has 4 nitrogen and oxygen atoms in total. The monoisotopic (exact) mass is 404 g/mol. The Kier molecular flexibility index (Phi) is 5.51. The molecule has 3 saturated heterocycles. The number of likely N-dealkylation sites (tertiary alicyclic amines) is 1. The van der Waals surface area contributed by atoms with Crippen molar-refractivity contribution in [1.82, 2.24) is 9.80 Å². The Labute approximate surface area is 179 Å². The van der Waals surface area contributed by atoms with Crippen molar-refractivity contribution < 1.29 is 9.90 Å². The van der Waals surface area contributed by atoms with Crippen molar-refractivity contribution in [3.05, 3.63) is 65.7 Å². The van der Waals surface area contributed by atoms with E-state index >= 15 is 0 Å². The van der Waals surface area contributed by atoms with Crippen LogP contribution in [-0.4, -0.2) is 52.5 Å². The largest absolute Gasteiger partial charge is 0.508 e. The number of phenols is 1. The third kappa shape index (κ3) is 3.98. The maximum Gasteiger partial charge on any atom is 0.223 e. The van der Waals surface area contributed by atoms with Gasteiger partial charge in [0, 0.05) is 38.1 Å². The number of piperidine rings is 3. The lowest BCUT2D eigenvalue weighted by atomic mass is 9.70. The molecule has 5 rings (SSSR count). The van der Waals surface area contributed by atoms with Crippen LogP contribution >= 0.6 is 0 Å². The molecule has 0 spiro atoms. The Morgan fingerprint density at radius 2 is 1.70 bits per heavy atom. The summed E-state index contributed by atoms with van der Waals surface area (Å²) in [7, 11) is 0. The van der Waals surface area contributed by atoms with E-state index in [0.717, 1.165) is 45.3 Å². The number of amides is 1. The first kappa shape index (κ1) is 19.6. The van der Waals surface area contributed by atoms with Gasteiger partial charge in [0.1, 0.15) is 5.75 Å². The molecule has 3 aliphatic heterocycles. The van der Waals surface area contributed by atoms with Crippen molar-refractivity contribution in [2.75, 3.05) is 19.6 Å². The molecule has 4 atom stereocenters. The number of hydrogen-bond acceptors (Lipinski definition) is 3. The van der Waals surface area contributed by atoms with E-state index in [2.05, 4.69) is 40.1 Å². The summed E-state index contributed by atoms with van der Waals surface area (Å²) in [5.74, 6) is 1.89. The van der Waals surface area contributed by atoms with Crippen LogP contribution in [0.5, 0.6) is 5.75 Å². The zero-order valence-electron chi connectivity index (χ0n) is 17.6. The molecule has 3 fully saturated rings. The summed E-state index contributed by atoms with van der Waals surface area (Å²) in [6, 6.07) is 19.1. The van der Waals surface area contributed by atoms with Crippen molar-refractivity contribution in [2.24, 2.45) is 11.8 Å².